The van der Waals surface area contributed by atoms with Crippen LogP contribution in [0.25, 0.3) is 0 Å². The quantitative estimate of drug-likeness (QED) is 0.694. The monoisotopic (exact) mass is 217 g/mol. The minimum atomic E-state index is 0.568. The summed E-state index contributed by atoms with van der Waals surface area (Å²) < 4.78 is 0. The van der Waals surface area contributed by atoms with Gasteiger partial charge in [-0.1, -0.05) is 42.5 Å². The highest BCUT2D eigenvalue weighted by Crippen LogP contribution is 2.13. The maximum absolute atomic E-state index is 5.61. The third-order valence-electron chi connectivity index (χ3n) is 2.35. The van der Waals surface area contributed by atoms with Gasteiger partial charge in [-0.25, -0.2) is 0 Å². The van der Waals surface area contributed by atoms with Crippen LogP contribution in [0.1, 0.15) is 27.7 Å². The molecule has 0 spiro atoms. The lowest BCUT2D eigenvalue weighted by molar-refractivity contribution is 1.17. The molecule has 1 heteroatoms. The Labute approximate surface area is 99.7 Å². The van der Waals surface area contributed by atoms with Crippen molar-refractivity contribution in [1.29, 1.82) is 0 Å². The van der Waals surface area contributed by atoms with Gasteiger partial charge >= 0.3 is 0 Å². The summed E-state index contributed by atoms with van der Waals surface area (Å²) in [4.78, 5) is 0. The molecule has 0 unspecified atom stereocenters. The van der Waals surface area contributed by atoms with Crippen LogP contribution in [0.15, 0.2) is 59.3 Å². The fourth-order valence-corrected chi connectivity index (χ4v) is 1.33. The van der Waals surface area contributed by atoms with Crippen molar-refractivity contribution in [2.45, 2.75) is 27.7 Å². The van der Waals surface area contributed by atoms with Crippen LogP contribution in [-0.4, -0.2) is 6.54 Å². The number of hydrogen-bond donors (Lipinski definition) is 1. The number of rotatable bonds is 5. The summed E-state index contributed by atoms with van der Waals surface area (Å²) in [6.45, 7) is 12.7. The summed E-state index contributed by atoms with van der Waals surface area (Å²) in [7, 11) is 0. The largest absolute Gasteiger partial charge is 0.327 e. The van der Waals surface area contributed by atoms with Crippen LogP contribution < -0.4 is 5.73 Å². The first-order valence-corrected chi connectivity index (χ1v) is 5.59. The number of allylic oxidation sites excluding steroid dienone is 7. The van der Waals surface area contributed by atoms with Crippen molar-refractivity contribution < 1.29 is 0 Å². The fraction of sp³-hybridized carbons (Fsp3) is 0.333. The third kappa shape index (κ3) is 5.52. The van der Waals surface area contributed by atoms with Gasteiger partial charge in [-0.2, -0.15) is 0 Å². The average Bonchev–Trinajstić information content (AvgIpc) is 2.25. The van der Waals surface area contributed by atoms with Crippen molar-refractivity contribution in [3.05, 3.63) is 59.3 Å². The third-order valence-corrected chi connectivity index (χ3v) is 2.35. The zero-order valence-electron chi connectivity index (χ0n) is 10.9. The molecule has 0 fully saturated rings. The van der Waals surface area contributed by atoms with Crippen LogP contribution in [0, 0.1) is 0 Å². The smallest absolute Gasteiger partial charge is 0.0174 e. The van der Waals surface area contributed by atoms with Gasteiger partial charge < -0.3 is 5.73 Å². The van der Waals surface area contributed by atoms with E-state index in [4.69, 9.17) is 5.73 Å². The van der Waals surface area contributed by atoms with E-state index in [0.29, 0.717) is 6.54 Å². The highest BCUT2D eigenvalue weighted by atomic mass is 14.5. The lowest BCUT2D eigenvalue weighted by atomic mass is 10.0. The van der Waals surface area contributed by atoms with Gasteiger partial charge in [-0.15, -0.1) is 0 Å². The molecule has 0 aliphatic rings. The van der Waals surface area contributed by atoms with E-state index in [1.807, 2.05) is 26.0 Å². The first kappa shape index (κ1) is 14.7. The molecule has 16 heavy (non-hydrogen) atoms. The van der Waals surface area contributed by atoms with E-state index < -0.39 is 0 Å². The molecule has 0 aliphatic carbocycles. The second-order valence-electron chi connectivity index (χ2n) is 3.81. The van der Waals surface area contributed by atoms with E-state index in [2.05, 4.69) is 38.7 Å². The van der Waals surface area contributed by atoms with Gasteiger partial charge in [0.2, 0.25) is 0 Å². The molecular weight excluding hydrogens is 194 g/mol. The predicted octanol–water partition coefficient (Wildman–Crippen LogP) is 3.92. The van der Waals surface area contributed by atoms with Crippen molar-refractivity contribution in [3.63, 3.8) is 0 Å². The summed E-state index contributed by atoms with van der Waals surface area (Å²) in [6.07, 6.45) is 10.3. The Kier molecular flexibility index (Phi) is 7.23. The van der Waals surface area contributed by atoms with Gasteiger partial charge in [0.05, 0.1) is 0 Å². The lowest BCUT2D eigenvalue weighted by Crippen LogP contribution is -2.01. The molecule has 0 aromatic rings. The van der Waals surface area contributed by atoms with Crippen molar-refractivity contribution in [3.8, 4) is 0 Å². The lowest BCUT2D eigenvalue weighted by Gasteiger charge is -2.03. The maximum Gasteiger partial charge on any atom is 0.0174 e. The van der Waals surface area contributed by atoms with Crippen LogP contribution in [0.2, 0.25) is 0 Å². The molecule has 0 rings (SSSR count). The van der Waals surface area contributed by atoms with Crippen LogP contribution >= 0.6 is 0 Å². The van der Waals surface area contributed by atoms with Gasteiger partial charge in [0.25, 0.3) is 0 Å². The van der Waals surface area contributed by atoms with E-state index in [1.165, 1.54) is 5.57 Å². The van der Waals surface area contributed by atoms with E-state index in [0.717, 1.165) is 16.7 Å². The Morgan fingerprint density at radius 1 is 1.19 bits per heavy atom. The molecule has 0 heterocycles. The normalized spacial score (nSPS) is 14.7. The molecule has 88 valence electrons. The average molecular weight is 217 g/mol. The standard InChI is InChI=1S/C15H23N/c1-6-8-12(3)9-13(4)14(5)10-15(7-2)11-16/h6-10H,4,11,16H2,1-3,5H3/b8-6-,12-9-,14-10+,15-7+. The predicted molar refractivity (Wildman–Crippen MR) is 74.3 cm³/mol. The molecule has 0 radical (unpaired) electrons. The molecule has 0 saturated heterocycles. The van der Waals surface area contributed by atoms with Crippen molar-refractivity contribution in [2.24, 2.45) is 5.73 Å². The Balaban J connectivity index is 4.81. The van der Waals surface area contributed by atoms with Gasteiger partial charge in [0.1, 0.15) is 0 Å². The van der Waals surface area contributed by atoms with Crippen LogP contribution in [-0.2, 0) is 0 Å². The topological polar surface area (TPSA) is 26.0 Å². The van der Waals surface area contributed by atoms with Crippen LogP contribution in [0.3, 0.4) is 0 Å². The molecule has 0 amide bonds. The summed E-state index contributed by atoms with van der Waals surface area (Å²) in [5.41, 5.74) is 10.1. The molecule has 0 saturated carbocycles. The van der Waals surface area contributed by atoms with Crippen LogP contribution in [0.5, 0.6) is 0 Å². The molecule has 1 nitrogen and oxygen atoms in total. The maximum atomic E-state index is 5.61. The zero-order chi connectivity index (χ0) is 12.6. The second kappa shape index (κ2) is 7.89. The highest BCUT2D eigenvalue weighted by molar-refractivity contribution is 5.43. The second-order valence-corrected chi connectivity index (χ2v) is 3.81. The van der Waals surface area contributed by atoms with E-state index >= 15 is 0 Å². The first-order valence-electron chi connectivity index (χ1n) is 5.59. The zero-order valence-corrected chi connectivity index (χ0v) is 10.9. The van der Waals surface area contributed by atoms with Gasteiger partial charge in [0.15, 0.2) is 0 Å². The summed E-state index contributed by atoms with van der Waals surface area (Å²) >= 11 is 0. The Hall–Kier alpha value is -1.34. The fourth-order valence-electron chi connectivity index (χ4n) is 1.33. The minimum absolute atomic E-state index is 0.568. The number of nitrogens with two attached hydrogens (primary N) is 1. The first-order chi connectivity index (χ1) is 7.54. The highest BCUT2D eigenvalue weighted by Gasteiger charge is 1.95. The van der Waals surface area contributed by atoms with Gasteiger partial charge in [-0.3, -0.25) is 0 Å². The van der Waals surface area contributed by atoms with E-state index in [1.54, 1.807) is 0 Å². The Morgan fingerprint density at radius 3 is 2.25 bits per heavy atom. The van der Waals surface area contributed by atoms with Gasteiger partial charge in [0, 0.05) is 6.54 Å². The van der Waals surface area contributed by atoms with E-state index in [9.17, 15) is 0 Å². The van der Waals surface area contributed by atoms with Crippen molar-refractivity contribution in [1.82, 2.24) is 0 Å². The molecule has 2 N–H and O–H groups in total. The van der Waals surface area contributed by atoms with Crippen molar-refractivity contribution >= 4 is 0 Å². The summed E-state index contributed by atoms with van der Waals surface area (Å²) in [5.74, 6) is 0. The number of hydrogen-bond acceptors (Lipinski definition) is 1. The minimum Gasteiger partial charge on any atom is -0.327 e. The molecule has 0 aromatic carbocycles. The van der Waals surface area contributed by atoms with Gasteiger partial charge in [-0.05, 0) is 44.4 Å². The van der Waals surface area contributed by atoms with Crippen molar-refractivity contribution in [2.75, 3.05) is 6.54 Å². The van der Waals surface area contributed by atoms with E-state index in [-0.39, 0.29) is 0 Å². The molecule has 0 atom stereocenters. The summed E-state index contributed by atoms with van der Waals surface area (Å²) in [5, 5.41) is 0. The SMILES string of the molecule is C=C(/C=C(C)\C=C/C)/C(C)=C/C(=C\C)CN. The summed E-state index contributed by atoms with van der Waals surface area (Å²) in [6, 6.07) is 0. The Morgan fingerprint density at radius 2 is 1.81 bits per heavy atom. The Bertz CT molecular complexity index is 352. The molecule has 0 aromatic heterocycles. The van der Waals surface area contributed by atoms with Crippen LogP contribution in [0.4, 0.5) is 0 Å². The molecule has 0 bridgehead atoms. The molecular formula is C15H23N. The molecule has 0 aliphatic heterocycles.